The number of carbonyl (C=O) groups excluding carboxylic acids is 3. The van der Waals surface area contributed by atoms with Gasteiger partial charge in [-0.15, -0.1) is 0 Å². The fraction of sp³-hybridized carbons (Fsp3) is 0.160. The number of rotatable bonds is 4. The fourth-order valence-electron chi connectivity index (χ4n) is 3.71. The summed E-state index contributed by atoms with van der Waals surface area (Å²) >= 11 is 5.98. The van der Waals surface area contributed by atoms with Crippen LogP contribution in [-0.2, 0) is 0 Å². The van der Waals surface area contributed by atoms with Gasteiger partial charge >= 0.3 is 0 Å². The Kier molecular flexibility index (Phi) is 6.32. The highest BCUT2D eigenvalue weighted by molar-refractivity contribution is 6.31. The number of carbonyl (C=O) groups is 3. The van der Waals surface area contributed by atoms with E-state index in [1.54, 1.807) is 58.3 Å². The second-order valence-electron chi connectivity index (χ2n) is 7.48. The molecule has 0 atom stereocenters. The number of ketones is 1. The summed E-state index contributed by atoms with van der Waals surface area (Å²) in [6.07, 6.45) is 0. The van der Waals surface area contributed by atoms with Gasteiger partial charge in [0.15, 0.2) is 5.78 Å². The first-order valence-corrected chi connectivity index (χ1v) is 10.6. The second-order valence-corrected chi connectivity index (χ2v) is 7.91. The summed E-state index contributed by atoms with van der Waals surface area (Å²) in [5.74, 6) is -1.18. The number of benzene rings is 3. The van der Waals surface area contributed by atoms with E-state index in [1.807, 2.05) is 0 Å². The zero-order chi connectivity index (χ0) is 22.7. The van der Waals surface area contributed by atoms with E-state index in [1.165, 1.54) is 24.3 Å². The molecule has 3 aromatic rings. The Balaban J connectivity index is 1.47. The van der Waals surface area contributed by atoms with Crippen molar-refractivity contribution in [2.24, 2.45) is 0 Å². The summed E-state index contributed by atoms with van der Waals surface area (Å²) in [4.78, 5) is 42.2. The summed E-state index contributed by atoms with van der Waals surface area (Å²) in [7, 11) is 0. The Hall–Kier alpha value is -3.51. The van der Waals surface area contributed by atoms with E-state index in [9.17, 15) is 18.8 Å². The fourth-order valence-corrected chi connectivity index (χ4v) is 3.90. The molecular weight excluding hydrogens is 431 g/mol. The summed E-state index contributed by atoms with van der Waals surface area (Å²) < 4.78 is 13.2. The molecule has 1 fully saturated rings. The number of hydrogen-bond donors (Lipinski definition) is 0. The Morgan fingerprint density at radius 3 is 1.91 bits per heavy atom. The van der Waals surface area contributed by atoms with Crippen LogP contribution in [-0.4, -0.2) is 53.6 Å². The first-order chi connectivity index (χ1) is 15.4. The van der Waals surface area contributed by atoms with Gasteiger partial charge in [-0.1, -0.05) is 35.9 Å². The molecule has 32 heavy (non-hydrogen) atoms. The monoisotopic (exact) mass is 450 g/mol. The molecule has 0 radical (unpaired) electrons. The van der Waals surface area contributed by atoms with Crippen LogP contribution in [0.1, 0.15) is 36.6 Å². The van der Waals surface area contributed by atoms with E-state index in [2.05, 4.69) is 0 Å². The van der Waals surface area contributed by atoms with Crippen molar-refractivity contribution in [3.8, 4) is 0 Å². The lowest BCUT2D eigenvalue weighted by molar-refractivity contribution is 0.0534. The highest BCUT2D eigenvalue weighted by atomic mass is 35.5. The minimum absolute atomic E-state index is 0.133. The van der Waals surface area contributed by atoms with Crippen molar-refractivity contribution in [2.45, 2.75) is 0 Å². The average Bonchev–Trinajstić information content (AvgIpc) is 2.83. The van der Waals surface area contributed by atoms with Crippen LogP contribution in [0.3, 0.4) is 0 Å². The smallest absolute Gasteiger partial charge is 0.254 e. The van der Waals surface area contributed by atoms with Crippen LogP contribution >= 0.6 is 11.6 Å². The lowest BCUT2D eigenvalue weighted by atomic mass is 9.97. The summed E-state index contributed by atoms with van der Waals surface area (Å²) in [6.45, 7) is 1.46. The molecule has 0 aliphatic carbocycles. The lowest BCUT2D eigenvalue weighted by Gasteiger charge is -2.35. The predicted molar refractivity (Wildman–Crippen MR) is 120 cm³/mol. The van der Waals surface area contributed by atoms with E-state index in [-0.39, 0.29) is 28.7 Å². The van der Waals surface area contributed by atoms with Crippen molar-refractivity contribution < 1.29 is 18.8 Å². The summed E-state index contributed by atoms with van der Waals surface area (Å²) in [5, 5.41) is 0.493. The minimum atomic E-state index is -0.434. The summed E-state index contributed by atoms with van der Waals surface area (Å²) in [6, 6.07) is 18.6. The number of halogens is 2. The Bertz CT molecular complexity index is 1170. The topological polar surface area (TPSA) is 57.7 Å². The number of piperazine rings is 1. The maximum Gasteiger partial charge on any atom is 0.254 e. The van der Waals surface area contributed by atoms with Gasteiger partial charge in [-0.3, -0.25) is 14.4 Å². The normalized spacial score (nSPS) is 13.7. The van der Waals surface area contributed by atoms with E-state index >= 15 is 0 Å². The van der Waals surface area contributed by atoms with Crippen LogP contribution in [0.2, 0.25) is 5.02 Å². The van der Waals surface area contributed by atoms with Crippen molar-refractivity contribution in [1.82, 2.24) is 9.80 Å². The van der Waals surface area contributed by atoms with Crippen molar-refractivity contribution in [3.63, 3.8) is 0 Å². The highest BCUT2D eigenvalue weighted by Gasteiger charge is 2.28. The van der Waals surface area contributed by atoms with Gasteiger partial charge in [0.05, 0.1) is 5.56 Å². The van der Waals surface area contributed by atoms with Crippen molar-refractivity contribution >= 4 is 29.2 Å². The number of nitrogens with zero attached hydrogens (tertiary/aromatic N) is 2. The number of amides is 2. The van der Waals surface area contributed by atoms with Gasteiger partial charge < -0.3 is 9.80 Å². The molecular formula is C25H20ClFN2O3. The molecule has 0 N–H and O–H groups in total. The maximum atomic E-state index is 13.2. The quantitative estimate of drug-likeness (QED) is 0.556. The molecule has 1 aliphatic rings. The SMILES string of the molecule is O=C(c1ccc(F)cc1)c1ccccc1C(=O)N1CCN(C(=O)c2cccc(Cl)c2)CC1. The Labute approximate surface area is 190 Å². The number of hydrogen-bond acceptors (Lipinski definition) is 3. The van der Waals surface area contributed by atoms with E-state index in [0.717, 1.165) is 0 Å². The molecule has 0 aromatic heterocycles. The van der Waals surface area contributed by atoms with E-state index in [0.29, 0.717) is 42.3 Å². The third-order valence-corrected chi connectivity index (χ3v) is 5.67. The third-order valence-electron chi connectivity index (χ3n) is 5.43. The zero-order valence-corrected chi connectivity index (χ0v) is 17.9. The van der Waals surface area contributed by atoms with Gasteiger partial charge in [0.1, 0.15) is 5.82 Å². The van der Waals surface area contributed by atoms with Gasteiger partial charge in [0.2, 0.25) is 0 Å². The average molecular weight is 451 g/mol. The largest absolute Gasteiger partial charge is 0.335 e. The molecule has 1 heterocycles. The second kappa shape index (κ2) is 9.32. The molecule has 0 saturated carbocycles. The standard InChI is InChI=1S/C25H20ClFN2O3/c26-19-5-3-4-18(16-19)24(31)28-12-14-29(15-13-28)25(32)22-7-2-1-6-21(22)23(30)17-8-10-20(27)11-9-17/h1-11,16H,12-15H2. The molecule has 0 spiro atoms. The predicted octanol–water partition coefficient (Wildman–Crippen LogP) is 4.31. The minimum Gasteiger partial charge on any atom is -0.335 e. The Morgan fingerprint density at radius 1 is 0.688 bits per heavy atom. The first kappa shape index (κ1) is 21.7. The van der Waals surface area contributed by atoms with E-state index in [4.69, 9.17) is 11.6 Å². The lowest BCUT2D eigenvalue weighted by Crippen LogP contribution is -2.50. The molecule has 2 amide bonds. The van der Waals surface area contributed by atoms with Crippen LogP contribution < -0.4 is 0 Å². The van der Waals surface area contributed by atoms with Crippen molar-refractivity contribution in [2.75, 3.05) is 26.2 Å². The van der Waals surface area contributed by atoms with Crippen LogP contribution in [0, 0.1) is 5.82 Å². The van der Waals surface area contributed by atoms with Crippen molar-refractivity contribution in [1.29, 1.82) is 0 Å². The molecule has 4 rings (SSSR count). The molecule has 1 saturated heterocycles. The molecule has 7 heteroatoms. The van der Waals surface area contributed by atoms with Gasteiger partial charge in [-0.25, -0.2) is 4.39 Å². The molecule has 0 bridgehead atoms. The van der Waals surface area contributed by atoms with Gasteiger partial charge in [0, 0.05) is 47.9 Å². The van der Waals surface area contributed by atoms with Crippen molar-refractivity contribution in [3.05, 3.63) is 106 Å². The molecule has 0 unspecified atom stereocenters. The first-order valence-electron chi connectivity index (χ1n) is 10.2. The molecule has 1 aliphatic heterocycles. The Morgan fingerprint density at radius 2 is 1.28 bits per heavy atom. The van der Waals surface area contributed by atoms with Crippen LogP contribution in [0.5, 0.6) is 0 Å². The molecule has 5 nitrogen and oxygen atoms in total. The molecule has 3 aromatic carbocycles. The van der Waals surface area contributed by atoms with Crippen LogP contribution in [0.4, 0.5) is 4.39 Å². The van der Waals surface area contributed by atoms with Gasteiger partial charge in [-0.2, -0.15) is 0 Å². The van der Waals surface area contributed by atoms with Crippen LogP contribution in [0.25, 0.3) is 0 Å². The van der Waals surface area contributed by atoms with Gasteiger partial charge in [0.25, 0.3) is 11.8 Å². The highest BCUT2D eigenvalue weighted by Crippen LogP contribution is 2.19. The van der Waals surface area contributed by atoms with Crippen LogP contribution in [0.15, 0.2) is 72.8 Å². The molecule has 162 valence electrons. The van der Waals surface area contributed by atoms with E-state index < -0.39 is 5.82 Å². The maximum absolute atomic E-state index is 13.2. The van der Waals surface area contributed by atoms with Gasteiger partial charge in [-0.05, 0) is 48.5 Å². The third kappa shape index (κ3) is 4.55. The zero-order valence-electron chi connectivity index (χ0n) is 17.1. The summed E-state index contributed by atoms with van der Waals surface area (Å²) in [5.41, 5.74) is 1.37.